The minimum atomic E-state index is -0.202. The van der Waals surface area contributed by atoms with Crippen LogP contribution in [0.15, 0.2) is 18.2 Å². The van der Waals surface area contributed by atoms with Gasteiger partial charge in [0.05, 0.1) is 13.7 Å². The van der Waals surface area contributed by atoms with Gasteiger partial charge in [0.1, 0.15) is 18.4 Å². The lowest BCUT2D eigenvalue weighted by Gasteiger charge is -2.37. The SMILES string of the molecule is CCOC(=O)N1CCC(N2CCOc3ccc(CN4CCC[C@H]4C(=O)OC)cc3C2)CC1. The number of carbonyl (C=O) groups is 2. The van der Waals surface area contributed by atoms with Gasteiger partial charge >= 0.3 is 12.1 Å². The van der Waals surface area contributed by atoms with Gasteiger partial charge in [-0.2, -0.15) is 0 Å². The Morgan fingerprint density at radius 1 is 1.12 bits per heavy atom. The third-order valence-corrected chi connectivity index (χ3v) is 6.86. The van der Waals surface area contributed by atoms with Gasteiger partial charge in [0.15, 0.2) is 0 Å². The van der Waals surface area contributed by atoms with E-state index in [2.05, 4.69) is 28.0 Å². The van der Waals surface area contributed by atoms with Gasteiger partial charge in [0.25, 0.3) is 0 Å². The lowest BCUT2D eigenvalue weighted by Crippen LogP contribution is -2.47. The molecule has 0 N–H and O–H groups in total. The van der Waals surface area contributed by atoms with Gasteiger partial charge in [0, 0.05) is 44.3 Å². The summed E-state index contributed by atoms with van der Waals surface area (Å²) < 4.78 is 16.2. The molecule has 0 aliphatic carbocycles. The van der Waals surface area contributed by atoms with Crippen molar-refractivity contribution >= 4 is 12.1 Å². The maximum absolute atomic E-state index is 12.1. The molecule has 8 nitrogen and oxygen atoms in total. The van der Waals surface area contributed by atoms with Crippen molar-refractivity contribution in [3.05, 3.63) is 29.3 Å². The minimum Gasteiger partial charge on any atom is -0.492 e. The number of piperidine rings is 1. The molecule has 0 aromatic heterocycles. The molecule has 0 unspecified atom stereocenters. The van der Waals surface area contributed by atoms with Crippen LogP contribution in [-0.4, -0.2) is 85.3 Å². The molecule has 32 heavy (non-hydrogen) atoms. The summed E-state index contributed by atoms with van der Waals surface area (Å²) in [6, 6.07) is 6.70. The molecule has 0 saturated carbocycles. The van der Waals surface area contributed by atoms with E-state index in [9.17, 15) is 9.59 Å². The molecule has 176 valence electrons. The zero-order valence-corrected chi connectivity index (χ0v) is 19.3. The van der Waals surface area contributed by atoms with Crippen LogP contribution in [0, 0.1) is 0 Å². The number of carbonyl (C=O) groups excluding carboxylic acids is 2. The van der Waals surface area contributed by atoms with Crippen molar-refractivity contribution in [2.75, 3.05) is 46.5 Å². The van der Waals surface area contributed by atoms with Crippen molar-refractivity contribution in [2.45, 2.75) is 57.8 Å². The molecule has 1 atom stereocenters. The third kappa shape index (κ3) is 5.18. The zero-order chi connectivity index (χ0) is 22.5. The van der Waals surface area contributed by atoms with Crippen LogP contribution in [0.25, 0.3) is 0 Å². The Kier molecular flexibility index (Phi) is 7.52. The Balaban J connectivity index is 1.39. The molecule has 0 radical (unpaired) electrons. The molecule has 3 heterocycles. The topological polar surface area (TPSA) is 71.6 Å². The fraction of sp³-hybridized carbons (Fsp3) is 0.667. The summed E-state index contributed by atoms with van der Waals surface area (Å²) in [6.45, 7) is 7.77. The molecular weight excluding hydrogens is 410 g/mol. The van der Waals surface area contributed by atoms with Crippen LogP contribution in [0.4, 0.5) is 4.79 Å². The van der Waals surface area contributed by atoms with Gasteiger partial charge in [-0.25, -0.2) is 4.79 Å². The molecule has 0 spiro atoms. The summed E-state index contributed by atoms with van der Waals surface area (Å²) in [4.78, 5) is 30.6. The zero-order valence-electron chi connectivity index (χ0n) is 19.3. The van der Waals surface area contributed by atoms with Crippen molar-refractivity contribution in [1.82, 2.24) is 14.7 Å². The van der Waals surface area contributed by atoms with E-state index in [0.29, 0.717) is 19.3 Å². The second-order valence-corrected chi connectivity index (χ2v) is 8.83. The highest BCUT2D eigenvalue weighted by Crippen LogP contribution is 2.29. The molecule has 1 aromatic carbocycles. The third-order valence-electron chi connectivity index (χ3n) is 6.86. The number of likely N-dealkylation sites (tertiary alicyclic amines) is 2. The van der Waals surface area contributed by atoms with Crippen molar-refractivity contribution in [3.63, 3.8) is 0 Å². The number of ether oxygens (including phenoxy) is 3. The van der Waals surface area contributed by atoms with Crippen molar-refractivity contribution in [2.24, 2.45) is 0 Å². The Morgan fingerprint density at radius 2 is 1.94 bits per heavy atom. The number of hydrogen-bond donors (Lipinski definition) is 0. The Hall–Kier alpha value is -2.32. The molecule has 2 fully saturated rings. The predicted octanol–water partition coefficient (Wildman–Crippen LogP) is 2.64. The number of methoxy groups -OCH3 is 1. The van der Waals surface area contributed by atoms with Crippen LogP contribution < -0.4 is 4.74 Å². The number of hydrogen-bond acceptors (Lipinski definition) is 7. The maximum atomic E-state index is 12.1. The Bertz CT molecular complexity index is 809. The number of amides is 1. The molecule has 1 aromatic rings. The van der Waals surface area contributed by atoms with E-state index in [1.54, 1.807) is 0 Å². The van der Waals surface area contributed by atoms with Gasteiger partial charge in [-0.15, -0.1) is 0 Å². The molecule has 1 amide bonds. The van der Waals surface area contributed by atoms with Gasteiger partial charge in [-0.05, 0) is 56.8 Å². The average Bonchev–Trinajstić information content (AvgIpc) is 3.16. The van der Waals surface area contributed by atoms with Gasteiger partial charge in [0.2, 0.25) is 0 Å². The second-order valence-electron chi connectivity index (χ2n) is 8.83. The predicted molar refractivity (Wildman–Crippen MR) is 119 cm³/mol. The van der Waals surface area contributed by atoms with E-state index >= 15 is 0 Å². The standard InChI is InChI=1S/C24H35N3O5/c1-3-31-24(29)25-11-8-20(9-12-25)26-13-14-32-22-7-6-18(15-19(22)17-26)16-27-10-4-5-21(27)23(28)30-2/h6-7,15,20-21H,3-5,8-14,16-17H2,1-2H3/t21-/m0/s1. The first-order valence-electron chi connectivity index (χ1n) is 11.8. The minimum absolute atomic E-state index is 0.138. The van der Waals surface area contributed by atoms with Crippen molar-refractivity contribution < 1.29 is 23.8 Å². The number of nitrogens with zero attached hydrogens (tertiary/aromatic N) is 3. The fourth-order valence-electron chi connectivity index (χ4n) is 5.16. The first-order chi connectivity index (χ1) is 15.6. The number of esters is 1. The van der Waals surface area contributed by atoms with E-state index < -0.39 is 0 Å². The normalized spacial score (nSPS) is 22.7. The maximum Gasteiger partial charge on any atom is 0.409 e. The lowest BCUT2D eigenvalue weighted by molar-refractivity contribution is -0.146. The van der Waals surface area contributed by atoms with Crippen molar-refractivity contribution in [1.29, 1.82) is 0 Å². The molecule has 2 saturated heterocycles. The van der Waals surface area contributed by atoms with Gasteiger partial charge in [-0.1, -0.05) is 6.07 Å². The Morgan fingerprint density at radius 3 is 2.69 bits per heavy atom. The van der Waals surface area contributed by atoms with Gasteiger partial charge < -0.3 is 19.1 Å². The molecule has 3 aliphatic rings. The summed E-state index contributed by atoms with van der Waals surface area (Å²) in [5.74, 6) is 0.812. The van der Waals surface area contributed by atoms with E-state index in [1.807, 2.05) is 11.8 Å². The van der Waals surface area contributed by atoms with Gasteiger partial charge in [-0.3, -0.25) is 14.6 Å². The van der Waals surface area contributed by atoms with Crippen LogP contribution in [-0.2, 0) is 27.4 Å². The summed E-state index contributed by atoms with van der Waals surface area (Å²) in [6.07, 6.45) is 3.57. The highest BCUT2D eigenvalue weighted by Gasteiger charge is 2.32. The summed E-state index contributed by atoms with van der Waals surface area (Å²) in [7, 11) is 1.46. The monoisotopic (exact) mass is 445 g/mol. The van der Waals surface area contributed by atoms with Crippen LogP contribution in [0.3, 0.4) is 0 Å². The Labute approximate surface area is 190 Å². The average molecular weight is 446 g/mol. The molecular formula is C24H35N3O5. The summed E-state index contributed by atoms with van der Waals surface area (Å²) in [5.41, 5.74) is 2.39. The fourth-order valence-corrected chi connectivity index (χ4v) is 5.16. The van der Waals surface area contributed by atoms with Crippen LogP contribution in [0.2, 0.25) is 0 Å². The number of fused-ring (bicyclic) bond motifs is 1. The molecule has 8 heteroatoms. The van der Waals surface area contributed by atoms with E-state index in [1.165, 1.54) is 18.2 Å². The summed E-state index contributed by atoms with van der Waals surface area (Å²) in [5, 5.41) is 0. The molecule has 4 rings (SSSR count). The summed E-state index contributed by atoms with van der Waals surface area (Å²) >= 11 is 0. The number of benzene rings is 1. The van der Waals surface area contributed by atoms with E-state index in [-0.39, 0.29) is 18.1 Å². The largest absolute Gasteiger partial charge is 0.492 e. The van der Waals surface area contributed by atoms with E-state index in [4.69, 9.17) is 14.2 Å². The second kappa shape index (κ2) is 10.5. The smallest absolute Gasteiger partial charge is 0.409 e. The van der Waals surface area contributed by atoms with E-state index in [0.717, 1.165) is 70.7 Å². The quantitative estimate of drug-likeness (QED) is 0.645. The van der Waals surface area contributed by atoms with Crippen molar-refractivity contribution in [3.8, 4) is 5.75 Å². The first kappa shape index (κ1) is 22.9. The highest BCUT2D eigenvalue weighted by molar-refractivity contribution is 5.76. The highest BCUT2D eigenvalue weighted by atomic mass is 16.6. The lowest BCUT2D eigenvalue weighted by atomic mass is 10.0. The van der Waals surface area contributed by atoms with Crippen LogP contribution in [0.5, 0.6) is 5.75 Å². The molecule has 0 bridgehead atoms. The van der Waals surface area contributed by atoms with Crippen LogP contribution in [0.1, 0.15) is 43.7 Å². The number of rotatable bonds is 5. The van der Waals surface area contributed by atoms with Crippen LogP contribution >= 0.6 is 0 Å². The first-order valence-corrected chi connectivity index (χ1v) is 11.8. The molecule has 3 aliphatic heterocycles.